The second-order valence-electron chi connectivity index (χ2n) is 5.31. The maximum atomic E-state index is 11.1. The van der Waals surface area contributed by atoms with Crippen LogP contribution < -0.4 is 0 Å². The van der Waals surface area contributed by atoms with Crippen LogP contribution in [-0.4, -0.2) is 22.1 Å². The van der Waals surface area contributed by atoms with Crippen molar-refractivity contribution in [2.75, 3.05) is 5.75 Å². The van der Waals surface area contributed by atoms with Crippen molar-refractivity contribution in [2.45, 2.75) is 89.7 Å². The van der Waals surface area contributed by atoms with E-state index in [1.54, 1.807) is 11.8 Å². The Balaban J connectivity index is 3.37. The number of carboxylic acids is 1. The number of carboxylic acid groups (broad SMARTS) is 1. The average Bonchev–Trinajstić information content (AvgIpc) is 2.39. The molecule has 0 rings (SSSR count). The van der Waals surface area contributed by atoms with Crippen LogP contribution in [0.3, 0.4) is 0 Å². The molecule has 0 bridgehead atoms. The van der Waals surface area contributed by atoms with Crippen LogP contribution in [0.4, 0.5) is 0 Å². The van der Waals surface area contributed by atoms with Gasteiger partial charge >= 0.3 is 5.97 Å². The highest BCUT2D eigenvalue weighted by atomic mass is 32.2. The quantitative estimate of drug-likeness (QED) is 0.429. The molecule has 0 aliphatic heterocycles. The topological polar surface area (TPSA) is 37.3 Å². The maximum absolute atomic E-state index is 11.1. The zero-order valence-corrected chi connectivity index (χ0v) is 13.6. The molecule has 0 aliphatic rings. The van der Waals surface area contributed by atoms with Crippen LogP contribution in [-0.2, 0) is 4.79 Å². The van der Waals surface area contributed by atoms with Gasteiger partial charge in [0.2, 0.25) is 0 Å². The van der Waals surface area contributed by atoms with E-state index in [1.165, 1.54) is 51.4 Å². The van der Waals surface area contributed by atoms with Gasteiger partial charge in [0, 0.05) is 0 Å². The predicted octanol–water partition coefficient (Wildman–Crippen LogP) is 5.50. The fourth-order valence-corrected chi connectivity index (χ4v) is 3.26. The maximum Gasteiger partial charge on any atom is 0.316 e. The highest BCUT2D eigenvalue weighted by Gasteiger charge is 2.16. The van der Waals surface area contributed by atoms with Crippen molar-refractivity contribution < 1.29 is 9.90 Å². The van der Waals surface area contributed by atoms with E-state index in [-0.39, 0.29) is 5.25 Å². The van der Waals surface area contributed by atoms with E-state index in [2.05, 4.69) is 13.8 Å². The summed E-state index contributed by atoms with van der Waals surface area (Å²) in [6, 6.07) is 0. The standard InChI is InChI=1S/C16H32O2S/c1-3-5-7-8-9-10-11-12-14-19-15(16(17)18)13-6-4-2/h15H,3-14H2,1-2H3,(H,17,18). The molecule has 0 spiro atoms. The van der Waals surface area contributed by atoms with Crippen molar-refractivity contribution in [1.82, 2.24) is 0 Å². The van der Waals surface area contributed by atoms with E-state index in [0.29, 0.717) is 0 Å². The molecule has 0 amide bonds. The summed E-state index contributed by atoms with van der Waals surface area (Å²) in [4.78, 5) is 11.1. The van der Waals surface area contributed by atoms with Gasteiger partial charge in [-0.25, -0.2) is 0 Å². The van der Waals surface area contributed by atoms with E-state index in [1.807, 2.05) is 0 Å². The molecule has 0 aliphatic carbocycles. The summed E-state index contributed by atoms with van der Waals surface area (Å²) in [7, 11) is 0. The summed E-state index contributed by atoms with van der Waals surface area (Å²) in [6.07, 6.45) is 13.5. The van der Waals surface area contributed by atoms with Gasteiger partial charge < -0.3 is 5.11 Å². The normalized spacial score (nSPS) is 12.5. The van der Waals surface area contributed by atoms with Crippen LogP contribution >= 0.6 is 11.8 Å². The van der Waals surface area contributed by atoms with Crippen molar-refractivity contribution in [3.8, 4) is 0 Å². The number of thioether (sulfide) groups is 1. The molecular formula is C16H32O2S. The fraction of sp³-hybridized carbons (Fsp3) is 0.938. The Bertz CT molecular complexity index is 207. The van der Waals surface area contributed by atoms with Crippen LogP contribution in [0.25, 0.3) is 0 Å². The molecule has 0 aromatic heterocycles. The number of rotatable bonds is 14. The lowest BCUT2D eigenvalue weighted by atomic mass is 10.1. The van der Waals surface area contributed by atoms with Crippen LogP contribution in [0.2, 0.25) is 0 Å². The second kappa shape index (κ2) is 14.2. The van der Waals surface area contributed by atoms with E-state index in [4.69, 9.17) is 5.11 Å². The van der Waals surface area contributed by atoms with E-state index in [0.717, 1.165) is 25.0 Å². The summed E-state index contributed by atoms with van der Waals surface area (Å²) in [5.74, 6) is 0.383. The van der Waals surface area contributed by atoms with Crippen molar-refractivity contribution >= 4 is 17.7 Å². The first-order valence-corrected chi connectivity index (χ1v) is 9.11. The molecule has 0 aromatic rings. The monoisotopic (exact) mass is 288 g/mol. The molecule has 3 heteroatoms. The van der Waals surface area contributed by atoms with Crippen molar-refractivity contribution in [2.24, 2.45) is 0 Å². The Labute approximate surface area is 123 Å². The Morgan fingerprint density at radius 2 is 1.42 bits per heavy atom. The molecule has 0 fully saturated rings. The Morgan fingerprint density at radius 1 is 0.895 bits per heavy atom. The van der Waals surface area contributed by atoms with E-state index in [9.17, 15) is 4.79 Å². The molecule has 0 saturated heterocycles. The van der Waals surface area contributed by atoms with Crippen LogP contribution in [0.5, 0.6) is 0 Å². The number of aliphatic carboxylic acids is 1. The van der Waals surface area contributed by atoms with Gasteiger partial charge in [-0.05, 0) is 18.6 Å². The Kier molecular flexibility index (Phi) is 14.1. The first-order valence-electron chi connectivity index (χ1n) is 8.06. The summed E-state index contributed by atoms with van der Waals surface area (Å²) in [6.45, 7) is 4.36. The predicted molar refractivity (Wildman–Crippen MR) is 86.0 cm³/mol. The lowest BCUT2D eigenvalue weighted by Crippen LogP contribution is -2.16. The minimum Gasteiger partial charge on any atom is -0.480 e. The van der Waals surface area contributed by atoms with Crippen LogP contribution in [0, 0.1) is 0 Å². The lowest BCUT2D eigenvalue weighted by molar-refractivity contribution is -0.136. The molecule has 0 radical (unpaired) electrons. The molecule has 19 heavy (non-hydrogen) atoms. The van der Waals surface area contributed by atoms with Gasteiger partial charge in [0.1, 0.15) is 5.25 Å². The molecule has 1 N–H and O–H groups in total. The van der Waals surface area contributed by atoms with Crippen LogP contribution in [0.15, 0.2) is 0 Å². The van der Waals surface area contributed by atoms with E-state index < -0.39 is 5.97 Å². The van der Waals surface area contributed by atoms with Gasteiger partial charge in [-0.1, -0.05) is 71.6 Å². The van der Waals surface area contributed by atoms with Crippen molar-refractivity contribution in [3.63, 3.8) is 0 Å². The summed E-state index contributed by atoms with van der Waals surface area (Å²) in [5.41, 5.74) is 0. The van der Waals surface area contributed by atoms with Crippen molar-refractivity contribution in [3.05, 3.63) is 0 Å². The molecule has 0 heterocycles. The largest absolute Gasteiger partial charge is 0.480 e. The molecule has 0 aromatic carbocycles. The van der Waals surface area contributed by atoms with E-state index >= 15 is 0 Å². The zero-order chi connectivity index (χ0) is 14.3. The molecular weight excluding hydrogens is 256 g/mol. The zero-order valence-electron chi connectivity index (χ0n) is 12.8. The fourth-order valence-electron chi connectivity index (χ4n) is 2.13. The number of carbonyl (C=O) groups is 1. The second-order valence-corrected chi connectivity index (χ2v) is 6.63. The van der Waals surface area contributed by atoms with Crippen LogP contribution in [0.1, 0.15) is 84.5 Å². The SMILES string of the molecule is CCCCCCCCCCSC(CCCC)C(=O)O. The molecule has 2 nitrogen and oxygen atoms in total. The third kappa shape index (κ3) is 12.6. The highest BCUT2D eigenvalue weighted by Crippen LogP contribution is 2.20. The Morgan fingerprint density at radius 3 is 1.95 bits per heavy atom. The molecule has 0 saturated carbocycles. The summed E-state index contributed by atoms with van der Waals surface area (Å²) in [5, 5.41) is 8.93. The van der Waals surface area contributed by atoms with Gasteiger partial charge in [-0.2, -0.15) is 0 Å². The van der Waals surface area contributed by atoms with Gasteiger partial charge in [-0.15, -0.1) is 11.8 Å². The third-order valence-electron chi connectivity index (χ3n) is 3.41. The summed E-state index contributed by atoms with van der Waals surface area (Å²) < 4.78 is 0. The molecule has 1 unspecified atom stereocenters. The van der Waals surface area contributed by atoms with Crippen molar-refractivity contribution in [1.29, 1.82) is 0 Å². The molecule has 1 atom stereocenters. The number of hydrogen-bond acceptors (Lipinski definition) is 2. The summed E-state index contributed by atoms with van der Waals surface area (Å²) >= 11 is 1.64. The first-order chi connectivity index (χ1) is 9.22. The smallest absolute Gasteiger partial charge is 0.316 e. The lowest BCUT2D eigenvalue weighted by Gasteiger charge is -2.11. The van der Waals surface area contributed by atoms with Gasteiger partial charge in [0.25, 0.3) is 0 Å². The van der Waals surface area contributed by atoms with Gasteiger partial charge in [0.15, 0.2) is 0 Å². The number of unbranched alkanes of at least 4 members (excludes halogenated alkanes) is 8. The number of hydrogen-bond donors (Lipinski definition) is 1. The minimum atomic E-state index is -0.627. The third-order valence-corrected chi connectivity index (χ3v) is 4.78. The highest BCUT2D eigenvalue weighted by molar-refractivity contribution is 8.00. The average molecular weight is 288 g/mol. The Hall–Kier alpha value is -0.180. The van der Waals surface area contributed by atoms with Gasteiger partial charge in [0.05, 0.1) is 0 Å². The van der Waals surface area contributed by atoms with Gasteiger partial charge in [-0.3, -0.25) is 4.79 Å². The molecule has 114 valence electrons. The minimum absolute atomic E-state index is 0.176. The first kappa shape index (κ1) is 18.8.